The van der Waals surface area contributed by atoms with E-state index in [2.05, 4.69) is 14.9 Å². The van der Waals surface area contributed by atoms with Crippen molar-refractivity contribution in [2.75, 3.05) is 12.9 Å². The van der Waals surface area contributed by atoms with Crippen LogP contribution in [0.3, 0.4) is 0 Å². The summed E-state index contributed by atoms with van der Waals surface area (Å²) in [6.45, 7) is 3.84. The number of nitrogens with zero attached hydrogens (tertiary/aromatic N) is 2. The summed E-state index contributed by atoms with van der Waals surface area (Å²) in [4.78, 5) is 10.9. The molecular formula is C10H13ClN2O2S. The lowest BCUT2D eigenvalue weighted by Crippen LogP contribution is -2.02. The Bertz CT molecular complexity index is 399. The van der Waals surface area contributed by atoms with Gasteiger partial charge in [-0.2, -0.15) is 0 Å². The molecule has 1 heterocycles. The van der Waals surface area contributed by atoms with E-state index in [-0.39, 0.29) is 5.97 Å². The van der Waals surface area contributed by atoms with Crippen molar-refractivity contribution in [3.63, 3.8) is 0 Å². The zero-order valence-corrected chi connectivity index (χ0v) is 11.0. The van der Waals surface area contributed by atoms with E-state index in [0.717, 1.165) is 16.2 Å². The highest BCUT2D eigenvalue weighted by molar-refractivity contribution is 7.99. The summed E-state index contributed by atoms with van der Waals surface area (Å²) in [6.07, 6.45) is 0.365. The molecule has 0 N–H and O–H groups in total. The van der Waals surface area contributed by atoms with E-state index in [1.807, 2.05) is 13.8 Å². The molecule has 0 aliphatic carbocycles. The van der Waals surface area contributed by atoms with E-state index in [9.17, 15) is 4.79 Å². The topological polar surface area (TPSA) is 52.1 Å². The third kappa shape index (κ3) is 3.35. The largest absolute Gasteiger partial charge is 0.469 e. The monoisotopic (exact) mass is 260 g/mol. The lowest BCUT2D eigenvalue weighted by atomic mass is 10.2. The van der Waals surface area contributed by atoms with Crippen LogP contribution < -0.4 is 0 Å². The third-order valence-corrected chi connectivity index (χ3v) is 3.62. The molecule has 0 atom stereocenters. The quantitative estimate of drug-likeness (QED) is 0.615. The molecule has 88 valence electrons. The first kappa shape index (κ1) is 13.3. The smallest absolute Gasteiger partial charge is 0.306 e. The average molecular weight is 261 g/mol. The molecule has 16 heavy (non-hydrogen) atoms. The molecule has 0 spiro atoms. The van der Waals surface area contributed by atoms with Gasteiger partial charge in [-0.1, -0.05) is 11.6 Å². The van der Waals surface area contributed by atoms with E-state index in [0.29, 0.717) is 17.3 Å². The summed E-state index contributed by atoms with van der Waals surface area (Å²) in [5.74, 6) is 0.410. The second-order valence-electron chi connectivity index (χ2n) is 3.22. The zero-order chi connectivity index (χ0) is 12.1. The normalized spacial score (nSPS) is 10.2. The van der Waals surface area contributed by atoms with Crippen LogP contribution in [-0.2, 0) is 9.53 Å². The fraction of sp³-hybridized carbons (Fsp3) is 0.500. The highest BCUT2D eigenvalue weighted by Crippen LogP contribution is 2.25. The number of rotatable bonds is 4. The maximum Gasteiger partial charge on any atom is 0.306 e. The van der Waals surface area contributed by atoms with Gasteiger partial charge in [0.25, 0.3) is 0 Å². The van der Waals surface area contributed by atoms with Crippen molar-refractivity contribution in [3.8, 4) is 0 Å². The van der Waals surface area contributed by atoms with Gasteiger partial charge in [-0.3, -0.25) is 4.79 Å². The Hall–Kier alpha value is -0.810. The summed E-state index contributed by atoms with van der Waals surface area (Å²) in [5.41, 5.74) is 1.94. The van der Waals surface area contributed by atoms with Gasteiger partial charge in [-0.05, 0) is 25.0 Å². The molecule has 0 fully saturated rings. The van der Waals surface area contributed by atoms with Crippen LogP contribution in [0.5, 0.6) is 0 Å². The van der Waals surface area contributed by atoms with Crippen molar-refractivity contribution in [1.82, 2.24) is 10.2 Å². The minimum absolute atomic E-state index is 0.219. The molecule has 0 aliphatic rings. The average Bonchev–Trinajstić information content (AvgIpc) is 2.29. The fourth-order valence-corrected chi connectivity index (χ4v) is 2.13. The van der Waals surface area contributed by atoms with E-state index >= 15 is 0 Å². The van der Waals surface area contributed by atoms with Gasteiger partial charge in [0.1, 0.15) is 5.03 Å². The number of thioether (sulfide) groups is 1. The summed E-state index contributed by atoms with van der Waals surface area (Å²) in [7, 11) is 1.38. The van der Waals surface area contributed by atoms with Crippen LogP contribution in [-0.4, -0.2) is 29.0 Å². The minimum Gasteiger partial charge on any atom is -0.469 e. The maximum atomic E-state index is 10.9. The van der Waals surface area contributed by atoms with Crippen molar-refractivity contribution >= 4 is 29.3 Å². The van der Waals surface area contributed by atoms with Crippen LogP contribution in [0.2, 0.25) is 5.15 Å². The number of halogens is 1. The molecule has 6 heteroatoms. The zero-order valence-electron chi connectivity index (χ0n) is 9.41. The van der Waals surface area contributed by atoms with Gasteiger partial charge in [0, 0.05) is 5.75 Å². The van der Waals surface area contributed by atoms with Gasteiger partial charge >= 0.3 is 5.97 Å². The highest BCUT2D eigenvalue weighted by atomic mass is 35.5. The second kappa shape index (κ2) is 6.06. The van der Waals surface area contributed by atoms with E-state index in [4.69, 9.17) is 11.6 Å². The molecule has 0 bridgehead atoms. The SMILES string of the molecule is COC(=O)CCSc1nnc(Cl)c(C)c1C. The predicted octanol–water partition coefficient (Wildman–Crippen LogP) is 2.40. The first-order valence-electron chi connectivity index (χ1n) is 4.75. The van der Waals surface area contributed by atoms with Crippen LogP contribution in [0.25, 0.3) is 0 Å². The number of methoxy groups -OCH3 is 1. The van der Waals surface area contributed by atoms with Gasteiger partial charge in [0.2, 0.25) is 0 Å². The maximum absolute atomic E-state index is 10.9. The highest BCUT2D eigenvalue weighted by Gasteiger charge is 2.09. The fourth-order valence-electron chi connectivity index (χ4n) is 1.02. The van der Waals surface area contributed by atoms with Crippen LogP contribution in [0.1, 0.15) is 17.5 Å². The lowest BCUT2D eigenvalue weighted by molar-refractivity contribution is -0.140. The number of ether oxygens (including phenoxy) is 1. The van der Waals surface area contributed by atoms with Crippen LogP contribution in [0.15, 0.2) is 5.03 Å². The Morgan fingerprint density at radius 1 is 1.38 bits per heavy atom. The van der Waals surface area contributed by atoms with Gasteiger partial charge in [0.05, 0.1) is 13.5 Å². The minimum atomic E-state index is -0.219. The van der Waals surface area contributed by atoms with Crippen molar-refractivity contribution in [3.05, 3.63) is 16.3 Å². The number of esters is 1. The molecule has 0 radical (unpaired) electrons. The van der Waals surface area contributed by atoms with Crippen molar-refractivity contribution in [2.24, 2.45) is 0 Å². The molecule has 0 unspecified atom stereocenters. The Labute approximate surface area is 104 Å². The number of hydrogen-bond donors (Lipinski definition) is 0. The van der Waals surface area contributed by atoms with Crippen LogP contribution in [0.4, 0.5) is 0 Å². The van der Waals surface area contributed by atoms with Crippen LogP contribution >= 0.6 is 23.4 Å². The predicted molar refractivity (Wildman–Crippen MR) is 63.9 cm³/mol. The van der Waals surface area contributed by atoms with Crippen molar-refractivity contribution < 1.29 is 9.53 Å². The Kier molecular flexibility index (Phi) is 5.02. The number of carbonyl (C=O) groups excluding carboxylic acids is 1. The number of carbonyl (C=O) groups is 1. The molecule has 0 aliphatic heterocycles. The standard InChI is InChI=1S/C10H13ClN2O2S/c1-6-7(2)10(13-12-9(6)11)16-5-4-8(14)15-3/h4-5H2,1-3H3. The van der Waals surface area contributed by atoms with E-state index in [1.54, 1.807) is 0 Å². The summed E-state index contributed by atoms with van der Waals surface area (Å²) >= 11 is 7.32. The number of hydrogen-bond acceptors (Lipinski definition) is 5. The molecule has 0 amide bonds. The summed E-state index contributed by atoms with van der Waals surface area (Å²) in [6, 6.07) is 0. The van der Waals surface area contributed by atoms with Crippen molar-refractivity contribution in [2.45, 2.75) is 25.3 Å². The molecule has 0 aromatic carbocycles. The molecule has 1 rings (SSSR count). The van der Waals surface area contributed by atoms with Crippen molar-refractivity contribution in [1.29, 1.82) is 0 Å². The summed E-state index contributed by atoms with van der Waals surface area (Å²) < 4.78 is 4.55. The number of aromatic nitrogens is 2. The summed E-state index contributed by atoms with van der Waals surface area (Å²) in [5, 5.41) is 9.06. The third-order valence-electron chi connectivity index (χ3n) is 2.19. The van der Waals surface area contributed by atoms with E-state index < -0.39 is 0 Å². The molecular weight excluding hydrogens is 248 g/mol. The van der Waals surface area contributed by atoms with Gasteiger partial charge in [-0.15, -0.1) is 22.0 Å². The Morgan fingerprint density at radius 3 is 2.69 bits per heavy atom. The van der Waals surface area contributed by atoms with Gasteiger partial charge < -0.3 is 4.74 Å². The Morgan fingerprint density at radius 2 is 2.06 bits per heavy atom. The Balaban J connectivity index is 2.61. The second-order valence-corrected chi connectivity index (χ2v) is 4.66. The molecule has 0 saturated carbocycles. The first-order valence-corrected chi connectivity index (χ1v) is 6.11. The molecule has 1 aromatic rings. The van der Waals surface area contributed by atoms with Gasteiger partial charge in [-0.25, -0.2) is 0 Å². The molecule has 0 saturated heterocycles. The lowest BCUT2D eigenvalue weighted by Gasteiger charge is -2.06. The van der Waals surface area contributed by atoms with Gasteiger partial charge in [0.15, 0.2) is 5.15 Å². The molecule has 4 nitrogen and oxygen atoms in total. The molecule has 1 aromatic heterocycles. The first-order chi connectivity index (χ1) is 7.56. The van der Waals surface area contributed by atoms with E-state index in [1.165, 1.54) is 18.9 Å². The van der Waals surface area contributed by atoms with Crippen LogP contribution in [0, 0.1) is 13.8 Å².